The lowest BCUT2D eigenvalue weighted by molar-refractivity contribution is -0.691. The van der Waals surface area contributed by atoms with Crippen LogP contribution in [-0.2, 0) is 27.4 Å². The predicted octanol–water partition coefficient (Wildman–Crippen LogP) is 4.45. The fraction of sp³-hybridized carbons (Fsp3) is 0.688. The minimum Gasteiger partial charge on any atom is -1.00 e. The Hall–Kier alpha value is -1.34. The van der Waals surface area contributed by atoms with Crippen molar-refractivity contribution in [2.24, 2.45) is 0 Å². The summed E-state index contributed by atoms with van der Waals surface area (Å²) in [5.41, 5.74) is 2.40. The van der Waals surface area contributed by atoms with Crippen LogP contribution in [0.25, 0.3) is 0 Å². The molecular formula is C32H53BrN2O3. The van der Waals surface area contributed by atoms with E-state index in [4.69, 9.17) is 14.2 Å². The molecule has 0 amide bonds. The van der Waals surface area contributed by atoms with Gasteiger partial charge in [-0.2, -0.15) is 0 Å². The number of rotatable bonds is 24. The van der Waals surface area contributed by atoms with Crippen LogP contribution in [0.1, 0.15) is 108 Å². The lowest BCUT2D eigenvalue weighted by atomic mass is 10.0. The second kappa shape index (κ2) is 24.7. The molecule has 5 nitrogen and oxygen atoms in total. The molecule has 0 saturated heterocycles. The zero-order valence-corrected chi connectivity index (χ0v) is 25.7. The summed E-state index contributed by atoms with van der Waals surface area (Å²) in [6.07, 6.45) is 24.9. The second-order valence-electron chi connectivity index (χ2n) is 10.3. The fourth-order valence-corrected chi connectivity index (χ4v) is 4.59. The molecule has 1 aromatic carbocycles. The van der Waals surface area contributed by atoms with Crippen molar-refractivity contribution < 1.29 is 35.8 Å². The summed E-state index contributed by atoms with van der Waals surface area (Å²) in [6, 6.07) is 10.4. The van der Waals surface area contributed by atoms with Crippen LogP contribution in [0.2, 0.25) is 0 Å². The third-order valence-electron chi connectivity index (χ3n) is 6.87. The van der Waals surface area contributed by atoms with Crippen LogP contribution in [0.15, 0.2) is 49.1 Å². The van der Waals surface area contributed by atoms with Crippen LogP contribution in [-0.4, -0.2) is 38.0 Å². The molecule has 216 valence electrons. The summed E-state index contributed by atoms with van der Waals surface area (Å²) in [5, 5.41) is 0. The van der Waals surface area contributed by atoms with Gasteiger partial charge in [-0.3, -0.25) is 0 Å². The Morgan fingerprint density at radius 1 is 0.763 bits per heavy atom. The topological polar surface area (TPSA) is 44.5 Å². The highest BCUT2D eigenvalue weighted by Crippen LogP contribution is 2.13. The monoisotopic (exact) mass is 592 g/mol. The zero-order chi connectivity index (χ0) is 26.2. The molecule has 0 aliphatic carbocycles. The van der Waals surface area contributed by atoms with Gasteiger partial charge in [0.05, 0.1) is 26.0 Å². The minimum atomic E-state index is -0.0271. The van der Waals surface area contributed by atoms with Gasteiger partial charge in [0.25, 0.3) is 6.33 Å². The van der Waals surface area contributed by atoms with Crippen molar-refractivity contribution in [2.45, 2.75) is 116 Å². The molecule has 6 heteroatoms. The second-order valence-corrected chi connectivity index (χ2v) is 10.3. The van der Waals surface area contributed by atoms with Crippen LogP contribution in [0, 0.1) is 0 Å². The van der Waals surface area contributed by atoms with E-state index < -0.39 is 0 Å². The molecule has 2 aromatic rings. The summed E-state index contributed by atoms with van der Waals surface area (Å²) < 4.78 is 19.4. The number of hydrogen-bond donors (Lipinski definition) is 0. The third-order valence-corrected chi connectivity index (χ3v) is 6.87. The van der Waals surface area contributed by atoms with E-state index in [0.717, 1.165) is 19.6 Å². The molecule has 1 aromatic heterocycles. The van der Waals surface area contributed by atoms with E-state index in [1.54, 1.807) is 13.3 Å². The normalized spacial score (nSPS) is 11.8. The molecule has 0 aliphatic rings. The van der Waals surface area contributed by atoms with Crippen molar-refractivity contribution in [3.8, 4) is 0 Å². The molecule has 1 heterocycles. The number of nitrogens with zero attached hydrogens (tertiary/aromatic N) is 2. The highest BCUT2D eigenvalue weighted by molar-refractivity contribution is 5.22. The van der Waals surface area contributed by atoms with E-state index in [1.807, 2.05) is 18.6 Å². The largest absolute Gasteiger partial charge is 1.00 e. The summed E-state index contributed by atoms with van der Waals surface area (Å²) in [6.45, 7) is 5.60. The van der Waals surface area contributed by atoms with Gasteiger partial charge in [0, 0.05) is 19.8 Å². The Morgan fingerprint density at radius 3 is 1.97 bits per heavy atom. The summed E-state index contributed by atoms with van der Waals surface area (Å²) in [4.78, 5) is 4.17. The van der Waals surface area contributed by atoms with Gasteiger partial charge in [-0.25, -0.2) is 4.57 Å². The van der Waals surface area contributed by atoms with Gasteiger partial charge in [0.2, 0.25) is 0 Å². The zero-order valence-electron chi connectivity index (χ0n) is 24.1. The van der Waals surface area contributed by atoms with E-state index >= 15 is 0 Å². The molecular weight excluding hydrogens is 540 g/mol. The van der Waals surface area contributed by atoms with Crippen molar-refractivity contribution >= 4 is 0 Å². The van der Waals surface area contributed by atoms with Gasteiger partial charge in [0.15, 0.2) is 0 Å². The Kier molecular flexibility index (Phi) is 22.5. The molecule has 0 N–H and O–H groups in total. The summed E-state index contributed by atoms with van der Waals surface area (Å²) >= 11 is 0. The standard InChI is InChI=1S/C32H53N2O3.BrH/c1-3-4-5-6-7-8-9-10-11-12-13-14-15-16-23-36-27-32(35-2)28-37-26-31-20-17-19-30(24-31)25-34-22-18-21-33-29-34;/h17-22,24,29,32H,3-16,23,25-28H2,1-2H3;1H/q+1;/p-1. The van der Waals surface area contributed by atoms with Crippen molar-refractivity contribution in [1.82, 2.24) is 4.98 Å². The molecule has 0 aliphatic heterocycles. The maximum Gasteiger partial charge on any atom is 0.286 e. The third kappa shape index (κ3) is 18.0. The van der Waals surface area contributed by atoms with Crippen molar-refractivity contribution in [3.63, 3.8) is 0 Å². The van der Waals surface area contributed by atoms with E-state index in [0.29, 0.717) is 19.8 Å². The first-order chi connectivity index (χ1) is 18.3. The van der Waals surface area contributed by atoms with Crippen LogP contribution in [0.3, 0.4) is 0 Å². The number of hydrogen-bond acceptors (Lipinski definition) is 4. The number of ether oxygens (including phenoxy) is 3. The molecule has 0 saturated carbocycles. The molecule has 38 heavy (non-hydrogen) atoms. The van der Waals surface area contributed by atoms with Crippen molar-refractivity contribution in [3.05, 3.63) is 60.2 Å². The number of aromatic nitrogens is 2. The van der Waals surface area contributed by atoms with Crippen molar-refractivity contribution in [2.75, 3.05) is 26.9 Å². The SMILES string of the molecule is CCCCCCCCCCCCCCCCOCC(COCc1cccc(C[n+]2cccnc2)c1)OC.[Br-]. The van der Waals surface area contributed by atoms with Crippen molar-refractivity contribution in [1.29, 1.82) is 0 Å². The summed E-state index contributed by atoms with van der Waals surface area (Å²) in [5.74, 6) is 0. The van der Waals surface area contributed by atoms with Gasteiger partial charge in [0.1, 0.15) is 18.8 Å². The van der Waals surface area contributed by atoms with Gasteiger partial charge in [-0.15, -0.1) is 0 Å². The number of benzene rings is 1. The fourth-order valence-electron chi connectivity index (χ4n) is 4.59. The van der Waals surface area contributed by atoms with Crippen LogP contribution in [0.5, 0.6) is 0 Å². The van der Waals surface area contributed by atoms with Gasteiger partial charge >= 0.3 is 0 Å². The average molecular weight is 594 g/mol. The van der Waals surface area contributed by atoms with Gasteiger partial charge < -0.3 is 31.2 Å². The van der Waals surface area contributed by atoms with Crippen LogP contribution < -0.4 is 21.5 Å². The first-order valence-electron chi connectivity index (χ1n) is 14.9. The highest BCUT2D eigenvalue weighted by atomic mass is 79.9. The summed E-state index contributed by atoms with van der Waals surface area (Å²) in [7, 11) is 1.73. The predicted molar refractivity (Wildman–Crippen MR) is 152 cm³/mol. The first kappa shape index (κ1) is 34.7. The van der Waals surface area contributed by atoms with E-state index in [2.05, 4.69) is 40.7 Å². The molecule has 0 radical (unpaired) electrons. The average Bonchev–Trinajstić information content (AvgIpc) is 2.92. The van der Waals surface area contributed by atoms with E-state index in [-0.39, 0.29) is 23.1 Å². The van der Waals surface area contributed by atoms with E-state index in [1.165, 1.54) is 94.6 Å². The van der Waals surface area contributed by atoms with Gasteiger partial charge in [-0.05, 0) is 23.6 Å². The maximum absolute atomic E-state index is 5.93. The quantitative estimate of drug-likeness (QED) is 0.133. The molecule has 1 atom stereocenters. The van der Waals surface area contributed by atoms with E-state index in [9.17, 15) is 0 Å². The Morgan fingerprint density at radius 2 is 1.37 bits per heavy atom. The molecule has 0 bridgehead atoms. The molecule has 2 rings (SSSR count). The first-order valence-corrected chi connectivity index (χ1v) is 14.9. The Balaban J connectivity index is 0.00000722. The molecule has 0 fully saturated rings. The lowest BCUT2D eigenvalue weighted by Crippen LogP contribution is -3.00. The van der Waals surface area contributed by atoms with Crippen LogP contribution in [0.4, 0.5) is 0 Å². The highest BCUT2D eigenvalue weighted by Gasteiger charge is 2.09. The minimum absolute atomic E-state index is 0. The lowest BCUT2D eigenvalue weighted by Gasteiger charge is -2.16. The molecule has 0 spiro atoms. The molecule has 1 unspecified atom stereocenters. The maximum atomic E-state index is 5.93. The number of halogens is 1. The smallest absolute Gasteiger partial charge is 0.286 e. The number of methoxy groups -OCH3 is 1. The van der Waals surface area contributed by atoms with Crippen LogP contribution >= 0.6 is 0 Å². The Labute approximate surface area is 243 Å². The number of unbranched alkanes of at least 4 members (excludes halogenated alkanes) is 13. The van der Waals surface area contributed by atoms with Gasteiger partial charge in [-0.1, -0.05) is 114 Å². The Bertz CT molecular complexity index is 778.